The van der Waals surface area contributed by atoms with Crippen LogP contribution in [0.3, 0.4) is 0 Å². The average molecular weight is 378 g/mol. The maximum atomic E-state index is 10.2. The molecule has 2 atom stereocenters. The van der Waals surface area contributed by atoms with Gasteiger partial charge in [-0.2, -0.15) is 0 Å². The maximum absolute atomic E-state index is 10.2. The molecule has 0 aromatic heterocycles. The molecule has 0 rings (SSSR count). The Kier molecular flexibility index (Phi) is 13.3. The van der Waals surface area contributed by atoms with Gasteiger partial charge in [0.1, 0.15) is 15.8 Å². The van der Waals surface area contributed by atoms with E-state index < -0.39 is 20.3 Å². The lowest BCUT2D eigenvalue weighted by Gasteiger charge is -2.43. The van der Waals surface area contributed by atoms with Crippen LogP contribution in [0.25, 0.3) is 0 Å². The van der Waals surface area contributed by atoms with Crippen molar-refractivity contribution in [3.05, 3.63) is 0 Å². The van der Waals surface area contributed by atoms with Crippen molar-refractivity contribution in [2.75, 3.05) is 0 Å². The van der Waals surface area contributed by atoms with Gasteiger partial charge in [0, 0.05) is 0 Å². The molecule has 0 saturated carbocycles. The Morgan fingerprint density at radius 1 is 1.00 bits per heavy atom. The molecular weight excluding hydrogens is 334 g/mol. The number of hydrogen-bond donors (Lipinski definition) is 2. The van der Waals surface area contributed by atoms with Gasteiger partial charge in [-0.15, -0.1) is 0 Å². The maximum Gasteiger partial charge on any atom is 0.320 e. The Balaban J connectivity index is 0. The van der Waals surface area contributed by atoms with Gasteiger partial charge in [-0.25, -0.2) is 0 Å². The molecule has 0 spiro atoms. The molecule has 24 heavy (non-hydrogen) atoms. The van der Waals surface area contributed by atoms with Crippen molar-refractivity contribution in [1.82, 2.24) is 0 Å². The summed E-state index contributed by atoms with van der Waals surface area (Å²) in [7, 11) is -1.85. The van der Waals surface area contributed by atoms with Gasteiger partial charge in [-0.1, -0.05) is 75.7 Å². The zero-order valence-electron chi connectivity index (χ0n) is 17.7. The fourth-order valence-corrected chi connectivity index (χ4v) is 13.8. The Morgan fingerprint density at radius 2 is 1.38 bits per heavy atom. The monoisotopic (exact) mass is 377 g/mol. The average Bonchev–Trinajstić information content (AvgIpc) is 2.45. The fraction of sp³-hybridized carbons (Fsp3) is 0.944. The summed E-state index contributed by atoms with van der Waals surface area (Å²) in [6, 6.07) is -0.699. The molecule has 0 aliphatic carbocycles. The topological polar surface area (TPSA) is 72.5 Å². The zero-order valence-corrected chi connectivity index (χ0v) is 20.1. The summed E-state index contributed by atoms with van der Waals surface area (Å²) >= 11 is 0. The van der Waals surface area contributed by atoms with Gasteiger partial charge >= 0.3 is 5.97 Å². The first kappa shape index (κ1) is 26.1. The van der Waals surface area contributed by atoms with Gasteiger partial charge in [-0.05, 0) is 28.1 Å². The van der Waals surface area contributed by atoms with E-state index in [1.54, 1.807) is 0 Å². The number of rotatable bonds is 9. The Hall–Kier alpha value is -0.176. The summed E-state index contributed by atoms with van der Waals surface area (Å²) in [5.74, 6) is -0.841. The van der Waals surface area contributed by atoms with Crippen molar-refractivity contribution < 1.29 is 14.0 Å². The van der Waals surface area contributed by atoms with Crippen LogP contribution in [0.15, 0.2) is 0 Å². The zero-order chi connectivity index (χ0) is 19.7. The molecule has 6 heteroatoms. The minimum absolute atomic E-state index is 0.0718. The van der Waals surface area contributed by atoms with Gasteiger partial charge in [0.2, 0.25) is 0 Å². The van der Waals surface area contributed by atoms with Crippen LogP contribution >= 0.6 is 0 Å². The Bertz CT molecular complexity index is 325. The van der Waals surface area contributed by atoms with Crippen molar-refractivity contribution in [3.8, 4) is 0 Å². The minimum Gasteiger partial charge on any atom is -0.480 e. The lowest BCUT2D eigenvalue weighted by molar-refractivity contribution is -0.139. The highest BCUT2D eigenvalue weighted by molar-refractivity contribution is 6.81. The molecule has 0 saturated heterocycles. The Labute approximate surface area is 154 Å². The van der Waals surface area contributed by atoms with Gasteiger partial charge in [-0.3, -0.25) is 4.79 Å². The Morgan fingerprint density at radius 3 is 1.54 bits per heavy atom. The normalized spacial score (nSPS) is 15.3. The van der Waals surface area contributed by atoms with E-state index in [4.69, 9.17) is 15.0 Å². The molecule has 0 fully saturated rings. The van der Waals surface area contributed by atoms with E-state index in [-0.39, 0.29) is 15.7 Å². The summed E-state index contributed by atoms with van der Waals surface area (Å²) < 4.78 is 6.55. The smallest absolute Gasteiger partial charge is 0.320 e. The van der Waals surface area contributed by atoms with Crippen molar-refractivity contribution in [3.63, 3.8) is 0 Å². The van der Waals surface area contributed by atoms with Crippen LogP contribution in [0, 0.1) is 5.92 Å². The van der Waals surface area contributed by atoms with Gasteiger partial charge in [0.05, 0.1) is 0 Å². The summed E-state index contributed by atoms with van der Waals surface area (Å²) in [5.41, 5.74) is 8.28. The first-order valence-electron chi connectivity index (χ1n) is 9.46. The van der Waals surface area contributed by atoms with Crippen molar-refractivity contribution in [2.24, 2.45) is 11.7 Å². The molecular formula is C18H43NO3Si2. The lowest BCUT2D eigenvalue weighted by atomic mass is 10.0. The highest BCUT2D eigenvalue weighted by Crippen LogP contribution is 2.42. The van der Waals surface area contributed by atoms with Gasteiger partial charge in [0.15, 0.2) is 8.32 Å². The lowest BCUT2D eigenvalue weighted by Crippen LogP contribution is -2.48. The summed E-state index contributed by atoms with van der Waals surface area (Å²) in [4.78, 5) is 10.2. The molecule has 0 aromatic rings. The van der Waals surface area contributed by atoms with Crippen LogP contribution in [0.2, 0.25) is 22.2 Å². The summed E-state index contributed by atoms with van der Waals surface area (Å²) in [5, 5.41) is 8.36. The predicted molar refractivity (Wildman–Crippen MR) is 111 cm³/mol. The molecule has 4 nitrogen and oxygen atoms in total. The van der Waals surface area contributed by atoms with E-state index in [2.05, 4.69) is 55.4 Å². The number of carboxylic acids is 1. The first-order chi connectivity index (χ1) is 10.8. The van der Waals surface area contributed by atoms with E-state index in [0.717, 1.165) is 28.6 Å². The second-order valence-corrected chi connectivity index (χ2v) is 16.6. The third-order valence-corrected chi connectivity index (χ3v) is 13.7. The standard InChI is InChI=1S/C12H30OSi2.C6H13NO2/c1-9(2)14-13-15(10(3)4,11(5)6)12(7)8;1-3-4(2)5(7)6(8)9/h9-12H,14H2,1-8H3;4-5H,3,7H2,1-2H3,(H,8,9). The van der Waals surface area contributed by atoms with Crippen LogP contribution in [0.5, 0.6) is 0 Å². The third-order valence-electron chi connectivity index (χ3n) is 4.92. The number of carbonyl (C=O) groups is 1. The molecule has 0 amide bonds. The van der Waals surface area contributed by atoms with E-state index >= 15 is 0 Å². The van der Waals surface area contributed by atoms with Crippen molar-refractivity contribution in [2.45, 2.75) is 104 Å². The van der Waals surface area contributed by atoms with E-state index in [9.17, 15) is 4.79 Å². The van der Waals surface area contributed by atoms with E-state index in [1.807, 2.05) is 13.8 Å². The van der Waals surface area contributed by atoms with Gasteiger partial charge < -0.3 is 15.0 Å². The molecule has 0 aliphatic rings. The fourth-order valence-electron chi connectivity index (χ4n) is 3.31. The predicted octanol–water partition coefficient (Wildman–Crippen LogP) is 4.54. The SMILES string of the molecule is CC(C)[SiH2]O[Si](C(C)C)(C(C)C)C(C)C.CCC(C)C(N)C(=O)O. The summed E-state index contributed by atoms with van der Waals surface area (Å²) in [6.07, 6.45) is 0.813. The third kappa shape index (κ3) is 8.27. The van der Waals surface area contributed by atoms with E-state index in [0.29, 0.717) is 0 Å². The highest BCUT2D eigenvalue weighted by Gasteiger charge is 2.44. The largest absolute Gasteiger partial charge is 0.480 e. The molecule has 146 valence electrons. The van der Waals surface area contributed by atoms with Crippen molar-refractivity contribution in [1.29, 1.82) is 0 Å². The molecule has 0 radical (unpaired) electrons. The number of aliphatic carboxylic acids is 1. The molecule has 0 aliphatic heterocycles. The van der Waals surface area contributed by atoms with E-state index in [1.165, 1.54) is 0 Å². The van der Waals surface area contributed by atoms with Crippen LogP contribution in [-0.2, 0) is 8.91 Å². The second-order valence-electron chi connectivity index (χ2n) is 8.27. The quantitative estimate of drug-likeness (QED) is 0.579. The highest BCUT2D eigenvalue weighted by atomic mass is 28.4. The number of carboxylic acid groups (broad SMARTS) is 1. The molecule has 0 heterocycles. The van der Waals surface area contributed by atoms with Crippen LogP contribution in [0.1, 0.15) is 75.7 Å². The first-order valence-corrected chi connectivity index (χ1v) is 13.0. The van der Waals surface area contributed by atoms with Crippen LogP contribution in [-0.4, -0.2) is 35.2 Å². The number of hydrogen-bond acceptors (Lipinski definition) is 3. The van der Waals surface area contributed by atoms with Crippen LogP contribution in [0.4, 0.5) is 0 Å². The second kappa shape index (κ2) is 12.2. The molecule has 0 aromatic carbocycles. The van der Waals surface area contributed by atoms with Gasteiger partial charge in [0.25, 0.3) is 0 Å². The molecule has 2 unspecified atom stereocenters. The molecule has 0 bridgehead atoms. The number of nitrogens with two attached hydrogens (primary N) is 1. The van der Waals surface area contributed by atoms with Crippen molar-refractivity contribution >= 4 is 24.0 Å². The summed E-state index contributed by atoms with van der Waals surface area (Å²) in [6.45, 7) is 22.5. The minimum atomic E-state index is -1.53. The molecule has 3 N–H and O–H groups in total. The van der Waals surface area contributed by atoms with Crippen LogP contribution < -0.4 is 5.73 Å².